The molecule has 2 aliphatic rings. The van der Waals surface area contributed by atoms with Gasteiger partial charge in [-0.2, -0.15) is 0 Å². The average Bonchev–Trinajstić information content (AvgIpc) is 3.57. The highest BCUT2D eigenvalue weighted by atomic mass is 32.2. The van der Waals surface area contributed by atoms with Crippen molar-refractivity contribution in [3.05, 3.63) is 191 Å². The summed E-state index contributed by atoms with van der Waals surface area (Å²) in [6.07, 6.45) is 0. The first-order valence-electron chi connectivity index (χ1n) is 17.4. The highest BCUT2D eigenvalue weighted by Gasteiger charge is 2.52. The molecule has 1 aliphatic heterocycles. The third kappa shape index (κ3) is 3.48. The van der Waals surface area contributed by atoms with Crippen molar-refractivity contribution in [2.45, 2.75) is 34.5 Å². The number of para-hydroxylation sites is 2. The Morgan fingerprint density at radius 3 is 1.90 bits per heavy atom. The molecule has 2 nitrogen and oxygen atoms in total. The zero-order chi connectivity index (χ0) is 33.2. The second kappa shape index (κ2) is 9.97. The molecule has 50 heavy (non-hydrogen) atoms. The molecular weight excluding hydrogens is 625 g/mol. The van der Waals surface area contributed by atoms with Gasteiger partial charge in [0.1, 0.15) is 5.65 Å². The van der Waals surface area contributed by atoms with Crippen LogP contribution in [0.4, 0.5) is 0 Å². The lowest BCUT2D eigenvalue weighted by Gasteiger charge is -2.50. The molecule has 0 bridgehead atoms. The largest absolute Gasteiger partial charge is 0.292 e. The summed E-state index contributed by atoms with van der Waals surface area (Å²) >= 11 is 1.92. The molecule has 3 heterocycles. The van der Waals surface area contributed by atoms with Gasteiger partial charge in [-0.15, -0.1) is 0 Å². The number of imidazole rings is 1. The van der Waals surface area contributed by atoms with E-state index in [4.69, 9.17) is 4.98 Å². The predicted octanol–water partition coefficient (Wildman–Crippen LogP) is 11.9. The topological polar surface area (TPSA) is 17.3 Å². The van der Waals surface area contributed by atoms with Gasteiger partial charge in [0.15, 0.2) is 0 Å². The van der Waals surface area contributed by atoms with Crippen molar-refractivity contribution in [1.82, 2.24) is 9.38 Å². The monoisotopic (exact) mass is 656 g/mol. The van der Waals surface area contributed by atoms with E-state index in [-0.39, 0.29) is 5.41 Å². The summed E-state index contributed by atoms with van der Waals surface area (Å²) in [4.78, 5) is 7.79. The number of rotatable bonds is 1. The van der Waals surface area contributed by atoms with Gasteiger partial charge in [0, 0.05) is 26.0 Å². The molecule has 0 saturated carbocycles. The Bertz CT molecular complexity index is 2840. The number of benzene rings is 7. The number of aromatic nitrogens is 2. The Labute approximate surface area is 295 Å². The van der Waals surface area contributed by atoms with E-state index in [0.717, 1.165) is 16.7 Å². The van der Waals surface area contributed by atoms with Gasteiger partial charge in [-0.25, -0.2) is 4.98 Å². The lowest BCUT2D eigenvalue weighted by atomic mass is 9.54. The first-order valence-corrected chi connectivity index (χ1v) is 18.2. The molecule has 0 amide bonds. The van der Waals surface area contributed by atoms with Crippen molar-refractivity contribution >= 4 is 50.1 Å². The second-order valence-corrected chi connectivity index (χ2v) is 15.3. The summed E-state index contributed by atoms with van der Waals surface area (Å²) in [6.45, 7) is 4.77. The van der Waals surface area contributed by atoms with Crippen molar-refractivity contribution in [3.8, 4) is 11.1 Å². The van der Waals surface area contributed by atoms with Crippen molar-refractivity contribution in [3.63, 3.8) is 0 Å². The van der Waals surface area contributed by atoms with Gasteiger partial charge >= 0.3 is 0 Å². The lowest BCUT2D eigenvalue weighted by Crippen LogP contribution is -2.43. The normalized spacial score (nSPS) is 15.2. The van der Waals surface area contributed by atoms with Crippen LogP contribution in [0.2, 0.25) is 0 Å². The van der Waals surface area contributed by atoms with Gasteiger partial charge in [0.05, 0.1) is 22.0 Å². The first-order chi connectivity index (χ1) is 24.6. The number of fused-ring (bicyclic) bond motifs is 16. The molecule has 1 aliphatic carbocycles. The molecule has 9 aromatic rings. The van der Waals surface area contributed by atoms with Gasteiger partial charge in [0.25, 0.3) is 0 Å². The molecule has 1 spiro atoms. The zero-order valence-corrected chi connectivity index (χ0v) is 28.6. The molecule has 3 heteroatoms. The third-order valence-corrected chi connectivity index (χ3v) is 12.7. The van der Waals surface area contributed by atoms with Crippen LogP contribution >= 0.6 is 11.8 Å². The Hall–Kier alpha value is -5.64. The minimum atomic E-state index is -0.448. The summed E-state index contributed by atoms with van der Waals surface area (Å²) < 4.78 is 2.37. The van der Waals surface area contributed by atoms with E-state index in [2.05, 4.69) is 176 Å². The Kier molecular flexibility index (Phi) is 5.63. The van der Waals surface area contributed by atoms with Crippen LogP contribution in [-0.4, -0.2) is 9.38 Å². The zero-order valence-electron chi connectivity index (χ0n) is 27.8. The van der Waals surface area contributed by atoms with Gasteiger partial charge in [-0.05, 0) is 74.2 Å². The average molecular weight is 657 g/mol. The molecular formula is C47H32N2S. The third-order valence-electron chi connectivity index (χ3n) is 11.5. The van der Waals surface area contributed by atoms with Crippen LogP contribution in [0.5, 0.6) is 0 Å². The highest BCUT2D eigenvalue weighted by Crippen LogP contribution is 2.62. The van der Waals surface area contributed by atoms with Crippen molar-refractivity contribution in [2.24, 2.45) is 0 Å². The maximum atomic E-state index is 5.16. The lowest BCUT2D eigenvalue weighted by molar-refractivity contribution is 0.549. The van der Waals surface area contributed by atoms with Crippen LogP contribution in [0.25, 0.3) is 49.5 Å². The van der Waals surface area contributed by atoms with Crippen LogP contribution in [0.3, 0.4) is 0 Å². The molecule has 236 valence electrons. The fourth-order valence-electron chi connectivity index (χ4n) is 9.35. The van der Waals surface area contributed by atoms with Crippen LogP contribution in [0.1, 0.15) is 47.2 Å². The van der Waals surface area contributed by atoms with E-state index in [0.29, 0.717) is 0 Å². The van der Waals surface area contributed by atoms with Gasteiger partial charge in [-0.3, -0.25) is 4.40 Å². The Balaban J connectivity index is 1.25. The number of hydrogen-bond donors (Lipinski definition) is 0. The SMILES string of the molecule is CC1(C)c2ccccc2C2(c3ccccc3Sc3c(-c4ccc5c6ccccc6c6nc7ccccc7n6c5c4)cccc32)c2ccccc21. The maximum absolute atomic E-state index is 5.16. The van der Waals surface area contributed by atoms with Crippen LogP contribution < -0.4 is 0 Å². The summed E-state index contributed by atoms with van der Waals surface area (Å²) in [5, 5.41) is 3.64. The fourth-order valence-corrected chi connectivity index (χ4v) is 10.7. The summed E-state index contributed by atoms with van der Waals surface area (Å²) in [5.41, 5.74) is 14.5. The fraction of sp³-hybridized carbons (Fsp3) is 0.0851. The van der Waals surface area contributed by atoms with Crippen molar-refractivity contribution in [2.75, 3.05) is 0 Å². The Morgan fingerprint density at radius 2 is 1.12 bits per heavy atom. The molecule has 0 unspecified atom stereocenters. The molecule has 0 saturated heterocycles. The Morgan fingerprint density at radius 1 is 0.500 bits per heavy atom. The van der Waals surface area contributed by atoms with Crippen LogP contribution in [-0.2, 0) is 10.8 Å². The van der Waals surface area contributed by atoms with Gasteiger partial charge in [0.2, 0.25) is 0 Å². The molecule has 0 fully saturated rings. The van der Waals surface area contributed by atoms with E-state index >= 15 is 0 Å². The molecule has 0 radical (unpaired) electrons. The summed E-state index contributed by atoms with van der Waals surface area (Å²) in [5.74, 6) is 0. The quantitative estimate of drug-likeness (QED) is 0.164. The maximum Gasteiger partial charge on any atom is 0.146 e. The summed E-state index contributed by atoms with van der Waals surface area (Å²) in [6, 6.07) is 58.7. The van der Waals surface area contributed by atoms with Crippen LogP contribution in [0, 0.1) is 0 Å². The molecule has 0 atom stereocenters. The first kappa shape index (κ1) is 28.2. The molecule has 11 rings (SSSR count). The van der Waals surface area contributed by atoms with Gasteiger partial charge < -0.3 is 0 Å². The van der Waals surface area contributed by atoms with E-state index in [9.17, 15) is 0 Å². The van der Waals surface area contributed by atoms with Gasteiger partial charge in [-0.1, -0.05) is 159 Å². The second-order valence-electron chi connectivity index (χ2n) is 14.3. The molecule has 2 aromatic heterocycles. The number of pyridine rings is 1. The number of nitrogens with zero attached hydrogens (tertiary/aromatic N) is 2. The molecule has 7 aromatic carbocycles. The van der Waals surface area contributed by atoms with Crippen molar-refractivity contribution in [1.29, 1.82) is 0 Å². The van der Waals surface area contributed by atoms with Crippen molar-refractivity contribution < 1.29 is 0 Å². The van der Waals surface area contributed by atoms with E-state index in [1.807, 2.05) is 11.8 Å². The van der Waals surface area contributed by atoms with E-state index in [1.54, 1.807) is 0 Å². The summed E-state index contributed by atoms with van der Waals surface area (Å²) in [7, 11) is 0. The minimum Gasteiger partial charge on any atom is -0.292 e. The van der Waals surface area contributed by atoms with E-state index < -0.39 is 5.41 Å². The van der Waals surface area contributed by atoms with E-state index in [1.165, 1.54) is 76.0 Å². The van der Waals surface area contributed by atoms with Crippen LogP contribution in [0.15, 0.2) is 168 Å². The smallest absolute Gasteiger partial charge is 0.146 e. The molecule has 0 N–H and O–H groups in total. The standard InChI is InChI=1S/C47H32N2S/c1-46(2)34-17-5-7-19-36(34)47(37-20-8-6-18-35(37)46)38-21-9-12-25-43(38)50-44-30(16-13-22-39(44)47)29-26-27-32-31-14-3-4-15-33(31)45-48-40-23-10-11-24-41(40)49(45)42(32)28-29/h3-28H,1-2H3. The highest BCUT2D eigenvalue weighted by molar-refractivity contribution is 7.99. The predicted molar refractivity (Wildman–Crippen MR) is 208 cm³/mol. The number of hydrogen-bond acceptors (Lipinski definition) is 2. The minimum absolute atomic E-state index is 0.129.